The van der Waals surface area contributed by atoms with Gasteiger partial charge in [0.1, 0.15) is 11.5 Å². The minimum absolute atomic E-state index is 0.0857. The van der Waals surface area contributed by atoms with Gasteiger partial charge in [-0.1, -0.05) is 29.8 Å². The molecule has 0 aliphatic heterocycles. The van der Waals surface area contributed by atoms with Gasteiger partial charge in [0.2, 0.25) is 10.0 Å². The number of sulfonamides is 1. The zero-order chi connectivity index (χ0) is 25.6. The molecule has 0 spiro atoms. The molecule has 0 fully saturated rings. The molecule has 0 saturated heterocycles. The molecule has 3 aromatic rings. The third-order valence-corrected chi connectivity index (χ3v) is 6.01. The van der Waals surface area contributed by atoms with Crippen LogP contribution in [-0.2, 0) is 32.3 Å². The number of alkyl halides is 3. The van der Waals surface area contributed by atoms with Gasteiger partial charge in [-0.05, 0) is 42.5 Å². The van der Waals surface area contributed by atoms with Gasteiger partial charge in [-0.25, -0.2) is 18.6 Å². The lowest BCUT2D eigenvalue weighted by molar-refractivity contribution is -0.137. The molecule has 9 nitrogen and oxygen atoms in total. The Balaban J connectivity index is 1.53. The van der Waals surface area contributed by atoms with Crippen molar-refractivity contribution in [3.63, 3.8) is 0 Å². The van der Waals surface area contributed by atoms with Crippen molar-refractivity contribution in [3.05, 3.63) is 82.8 Å². The van der Waals surface area contributed by atoms with Gasteiger partial charge in [-0.3, -0.25) is 9.59 Å². The van der Waals surface area contributed by atoms with Crippen molar-refractivity contribution in [2.24, 2.45) is 5.10 Å². The van der Waals surface area contributed by atoms with Crippen molar-refractivity contribution in [2.45, 2.75) is 17.6 Å². The first-order valence-corrected chi connectivity index (χ1v) is 11.5. The van der Waals surface area contributed by atoms with Crippen molar-refractivity contribution in [2.75, 3.05) is 5.32 Å². The van der Waals surface area contributed by atoms with Crippen molar-refractivity contribution in [3.8, 4) is 0 Å². The third-order valence-electron chi connectivity index (χ3n) is 4.27. The molecule has 0 unspecified atom stereocenters. The third kappa shape index (κ3) is 7.15. The van der Waals surface area contributed by atoms with Crippen LogP contribution in [0.1, 0.15) is 17.1 Å². The average molecular weight is 529 g/mol. The number of nitrogens with zero attached hydrogens (tertiary/aromatic N) is 1. The summed E-state index contributed by atoms with van der Waals surface area (Å²) in [5.74, 6) is -2.15. The summed E-state index contributed by atoms with van der Waals surface area (Å²) in [5, 5.41) is 4.97. The molecule has 184 valence electrons. The fourth-order valence-electron chi connectivity index (χ4n) is 2.62. The molecule has 1 heterocycles. The van der Waals surface area contributed by atoms with Crippen LogP contribution in [-0.4, -0.2) is 26.4 Å². The summed E-state index contributed by atoms with van der Waals surface area (Å²) in [5.41, 5.74) is 0.430. The van der Waals surface area contributed by atoms with E-state index < -0.39 is 38.6 Å². The molecule has 2 aromatic carbocycles. The van der Waals surface area contributed by atoms with Crippen LogP contribution < -0.4 is 15.5 Å². The average Bonchev–Trinajstić information content (AvgIpc) is 3.26. The Labute approximate surface area is 202 Å². The van der Waals surface area contributed by atoms with E-state index >= 15 is 0 Å². The van der Waals surface area contributed by atoms with Crippen LogP contribution in [0.2, 0.25) is 5.02 Å². The fraction of sp³-hybridized carbons (Fsp3) is 0.0952. The number of amides is 2. The predicted octanol–water partition coefficient (Wildman–Crippen LogP) is 3.52. The molecule has 35 heavy (non-hydrogen) atoms. The SMILES string of the molecule is O=C(N/N=C\c1ccc(CNS(=O)(=O)c2ccccc2)o1)C(=O)Nc1ccc(Cl)c(C(F)(F)F)c1. The van der Waals surface area contributed by atoms with Crippen molar-refractivity contribution in [1.82, 2.24) is 10.1 Å². The number of halogens is 4. The molecule has 0 aliphatic rings. The highest BCUT2D eigenvalue weighted by atomic mass is 35.5. The molecule has 3 rings (SSSR count). The number of hydrazone groups is 1. The van der Waals surface area contributed by atoms with E-state index in [0.29, 0.717) is 6.07 Å². The van der Waals surface area contributed by atoms with Gasteiger partial charge in [0.15, 0.2) is 0 Å². The van der Waals surface area contributed by atoms with Crippen molar-refractivity contribution < 1.29 is 35.6 Å². The van der Waals surface area contributed by atoms with E-state index in [9.17, 15) is 31.2 Å². The molecule has 3 N–H and O–H groups in total. The maximum atomic E-state index is 12.9. The molecule has 2 amide bonds. The first-order valence-electron chi connectivity index (χ1n) is 9.60. The summed E-state index contributed by atoms with van der Waals surface area (Å²) in [6.45, 7) is -0.152. The lowest BCUT2D eigenvalue weighted by Crippen LogP contribution is -2.32. The maximum absolute atomic E-state index is 12.9. The van der Waals surface area contributed by atoms with Gasteiger partial charge in [0.25, 0.3) is 0 Å². The Morgan fingerprint density at radius 1 is 1.03 bits per heavy atom. The Kier molecular flexibility index (Phi) is 7.94. The molecule has 0 radical (unpaired) electrons. The topological polar surface area (TPSA) is 130 Å². The highest BCUT2D eigenvalue weighted by molar-refractivity contribution is 7.89. The van der Waals surface area contributed by atoms with Gasteiger partial charge in [0.05, 0.1) is 28.2 Å². The number of nitrogens with one attached hydrogen (secondary N) is 3. The number of furan rings is 1. The number of anilines is 1. The summed E-state index contributed by atoms with van der Waals surface area (Å²) in [6.07, 6.45) is -3.70. The van der Waals surface area contributed by atoms with Gasteiger partial charge in [0, 0.05) is 5.69 Å². The van der Waals surface area contributed by atoms with Crippen LogP contribution in [0, 0.1) is 0 Å². The summed E-state index contributed by atoms with van der Waals surface area (Å²) in [7, 11) is -3.74. The zero-order valence-corrected chi connectivity index (χ0v) is 19.0. The minimum atomic E-state index is -4.74. The van der Waals surface area contributed by atoms with Crippen molar-refractivity contribution >= 4 is 45.3 Å². The van der Waals surface area contributed by atoms with Crippen LogP contribution in [0.3, 0.4) is 0 Å². The van der Waals surface area contributed by atoms with E-state index in [0.717, 1.165) is 18.3 Å². The molecule has 0 atom stereocenters. The smallest absolute Gasteiger partial charge is 0.417 e. The quantitative estimate of drug-likeness (QED) is 0.245. The molecule has 1 aromatic heterocycles. The zero-order valence-electron chi connectivity index (χ0n) is 17.5. The maximum Gasteiger partial charge on any atom is 0.417 e. The lowest BCUT2D eigenvalue weighted by Gasteiger charge is -2.11. The molecule has 0 aliphatic carbocycles. The summed E-state index contributed by atoms with van der Waals surface area (Å²) in [4.78, 5) is 23.8. The Hall–Kier alpha value is -3.68. The number of carbonyl (C=O) groups is 2. The second kappa shape index (κ2) is 10.7. The Morgan fingerprint density at radius 2 is 1.74 bits per heavy atom. The molecule has 0 saturated carbocycles. The fourth-order valence-corrected chi connectivity index (χ4v) is 3.86. The highest BCUT2D eigenvalue weighted by Crippen LogP contribution is 2.36. The van der Waals surface area contributed by atoms with Crippen LogP contribution in [0.15, 0.2) is 75.1 Å². The van der Waals surface area contributed by atoms with Crippen LogP contribution in [0.4, 0.5) is 18.9 Å². The predicted molar refractivity (Wildman–Crippen MR) is 120 cm³/mol. The Bertz CT molecular complexity index is 1360. The monoisotopic (exact) mass is 528 g/mol. The summed E-state index contributed by atoms with van der Waals surface area (Å²) in [6, 6.07) is 13.3. The lowest BCUT2D eigenvalue weighted by atomic mass is 10.2. The van der Waals surface area contributed by atoms with E-state index in [4.69, 9.17) is 16.0 Å². The molecule has 14 heteroatoms. The number of hydrogen-bond acceptors (Lipinski definition) is 6. The van der Waals surface area contributed by atoms with E-state index in [2.05, 4.69) is 9.82 Å². The molecule has 0 bridgehead atoms. The Morgan fingerprint density at radius 3 is 2.43 bits per heavy atom. The summed E-state index contributed by atoms with van der Waals surface area (Å²) < 4.78 is 70.9. The molecular formula is C21H16ClF3N4O5S. The second-order valence-electron chi connectivity index (χ2n) is 6.79. The van der Waals surface area contributed by atoms with Gasteiger partial charge in [-0.15, -0.1) is 0 Å². The van der Waals surface area contributed by atoms with Crippen LogP contribution in [0.5, 0.6) is 0 Å². The first-order chi connectivity index (χ1) is 16.5. The van der Waals surface area contributed by atoms with Crippen LogP contribution in [0.25, 0.3) is 0 Å². The van der Waals surface area contributed by atoms with E-state index in [1.165, 1.54) is 24.3 Å². The standard InChI is InChI=1S/C21H16ClF3N4O5S/c22-18-9-6-13(10-17(18)21(23,24)25)28-19(30)20(31)29-26-11-14-7-8-15(34-14)12-27-35(32,33)16-4-2-1-3-5-16/h1-11,27H,12H2,(H,28,30)(H,29,31)/b26-11-. The van der Waals surface area contributed by atoms with E-state index in [1.54, 1.807) is 18.2 Å². The van der Waals surface area contributed by atoms with Gasteiger partial charge >= 0.3 is 18.0 Å². The normalized spacial score (nSPS) is 12.0. The molecular weight excluding hydrogens is 513 g/mol. The number of hydrogen-bond donors (Lipinski definition) is 3. The highest BCUT2D eigenvalue weighted by Gasteiger charge is 2.33. The van der Waals surface area contributed by atoms with Gasteiger partial charge in [-0.2, -0.15) is 18.3 Å². The number of carbonyl (C=O) groups excluding carboxylic acids is 2. The second-order valence-corrected chi connectivity index (χ2v) is 8.96. The number of benzene rings is 2. The van der Waals surface area contributed by atoms with Gasteiger partial charge < -0.3 is 9.73 Å². The first kappa shape index (κ1) is 25.9. The largest absolute Gasteiger partial charge is 0.459 e. The van der Waals surface area contributed by atoms with Crippen LogP contribution >= 0.6 is 11.6 Å². The van der Waals surface area contributed by atoms with E-state index in [-0.39, 0.29) is 28.6 Å². The summed E-state index contributed by atoms with van der Waals surface area (Å²) >= 11 is 5.50. The number of rotatable bonds is 7. The van der Waals surface area contributed by atoms with E-state index in [1.807, 2.05) is 10.7 Å². The van der Waals surface area contributed by atoms with Crippen molar-refractivity contribution in [1.29, 1.82) is 0 Å². The minimum Gasteiger partial charge on any atom is -0.459 e.